The number of aryl methyl sites for hydroxylation is 1. The van der Waals surface area contributed by atoms with E-state index in [1.54, 1.807) is 12.1 Å². The van der Waals surface area contributed by atoms with Gasteiger partial charge in [0.15, 0.2) is 17.5 Å². The normalized spacial score (nSPS) is 17.9. The summed E-state index contributed by atoms with van der Waals surface area (Å²) in [7, 11) is 0. The van der Waals surface area contributed by atoms with Crippen molar-refractivity contribution in [2.75, 3.05) is 11.9 Å². The Morgan fingerprint density at radius 2 is 1.88 bits per heavy atom. The molecule has 210 valence electrons. The highest BCUT2D eigenvalue weighted by Crippen LogP contribution is 2.28. The van der Waals surface area contributed by atoms with E-state index >= 15 is 0 Å². The summed E-state index contributed by atoms with van der Waals surface area (Å²) < 4.78 is 56.2. The van der Waals surface area contributed by atoms with Gasteiger partial charge in [0.05, 0.1) is 17.5 Å². The topological polar surface area (TPSA) is 94.3 Å². The summed E-state index contributed by atoms with van der Waals surface area (Å²) >= 11 is 0. The first-order chi connectivity index (χ1) is 18.8. The molecule has 0 saturated carbocycles. The van der Waals surface area contributed by atoms with Crippen LogP contribution in [0.5, 0.6) is 0 Å². The summed E-state index contributed by atoms with van der Waals surface area (Å²) in [6.07, 6.45) is 5.39. The summed E-state index contributed by atoms with van der Waals surface area (Å²) in [5.74, 6) is -4.77. The molecule has 1 saturated heterocycles. The van der Waals surface area contributed by atoms with Gasteiger partial charge in [-0.05, 0) is 51.0 Å². The van der Waals surface area contributed by atoms with Crippen molar-refractivity contribution in [1.82, 2.24) is 15.2 Å². The molecule has 3 amide bonds. The van der Waals surface area contributed by atoms with E-state index in [0.717, 1.165) is 17.7 Å². The monoisotopic (exact) mass is 556 g/mol. The van der Waals surface area contributed by atoms with Crippen LogP contribution in [0.15, 0.2) is 36.4 Å². The number of likely N-dealkylation sites (tertiary alicyclic amines) is 1. The number of alkyl halides is 1. The number of nitrogens with one attached hydrogen (secondary N) is 3. The van der Waals surface area contributed by atoms with Gasteiger partial charge in [-0.25, -0.2) is 17.6 Å². The van der Waals surface area contributed by atoms with Crippen molar-refractivity contribution in [1.29, 1.82) is 0 Å². The molecule has 2 aromatic carbocycles. The summed E-state index contributed by atoms with van der Waals surface area (Å²) in [5.41, 5.74) is -1.16. The number of fused-ring (bicyclic) bond motifs is 1. The van der Waals surface area contributed by atoms with Gasteiger partial charge in [0.2, 0.25) is 11.8 Å². The lowest BCUT2D eigenvalue weighted by atomic mass is 9.99. The number of rotatable bonds is 7. The van der Waals surface area contributed by atoms with Crippen LogP contribution in [0.25, 0.3) is 10.9 Å². The Hall–Kier alpha value is -4.33. The molecule has 0 radical (unpaired) electrons. The highest BCUT2D eigenvalue weighted by molar-refractivity contribution is 6.01. The van der Waals surface area contributed by atoms with Crippen LogP contribution in [-0.2, 0) is 9.59 Å². The minimum Gasteiger partial charge on any atom is -0.348 e. The lowest BCUT2D eigenvalue weighted by Crippen LogP contribution is -2.52. The molecule has 0 spiro atoms. The predicted octanol–water partition coefficient (Wildman–Crippen LogP) is 4.62. The summed E-state index contributed by atoms with van der Waals surface area (Å²) in [6, 6.07) is 6.81. The number of para-hydroxylation sites is 1. The molecule has 3 aromatic rings. The molecule has 11 heteroatoms. The van der Waals surface area contributed by atoms with E-state index in [1.807, 2.05) is 19.1 Å². The second-order valence-corrected chi connectivity index (χ2v) is 10.5. The van der Waals surface area contributed by atoms with Gasteiger partial charge in [-0.2, -0.15) is 0 Å². The zero-order chi connectivity index (χ0) is 29.4. The predicted molar refractivity (Wildman–Crippen MR) is 141 cm³/mol. The second kappa shape index (κ2) is 11.0. The van der Waals surface area contributed by atoms with Crippen molar-refractivity contribution < 1.29 is 31.9 Å². The average molecular weight is 557 g/mol. The van der Waals surface area contributed by atoms with E-state index in [4.69, 9.17) is 6.42 Å². The fraction of sp³-hybridized carbons (Fsp3) is 0.345. The number of aromatic nitrogens is 1. The minimum atomic E-state index is -1.90. The molecule has 4 rings (SSSR count). The van der Waals surface area contributed by atoms with Gasteiger partial charge in [-0.15, -0.1) is 6.42 Å². The van der Waals surface area contributed by atoms with E-state index in [-0.39, 0.29) is 30.0 Å². The standard InChI is InChI=1S/C29H28F4N4O3/c1-5-18-10-17(26(38)35-20-9-7-6-8-15(20)2)14-37(18)28(40)22(13-29(3,4)33)36-27(39)21-12-16-11-19(30)23(31)24(32)25(16)34-21/h1,6-9,11-12,17-18,22,34H,10,13-14H2,2-4H3,(H,35,38)(H,36,39)/t17-,18+,22-/m0/s1. The molecule has 40 heavy (non-hydrogen) atoms. The average Bonchev–Trinajstić information content (AvgIpc) is 3.52. The van der Waals surface area contributed by atoms with E-state index in [9.17, 15) is 31.9 Å². The van der Waals surface area contributed by atoms with Gasteiger partial charge < -0.3 is 20.5 Å². The molecular weight excluding hydrogens is 528 g/mol. The zero-order valence-corrected chi connectivity index (χ0v) is 22.1. The number of hydrogen-bond acceptors (Lipinski definition) is 3. The summed E-state index contributed by atoms with van der Waals surface area (Å²) in [6.45, 7) is 4.24. The number of anilines is 1. The van der Waals surface area contributed by atoms with E-state index in [2.05, 4.69) is 21.5 Å². The number of carbonyl (C=O) groups excluding carboxylic acids is 3. The van der Waals surface area contributed by atoms with Crippen LogP contribution in [-0.4, -0.2) is 51.9 Å². The fourth-order valence-corrected chi connectivity index (χ4v) is 4.80. The molecule has 0 bridgehead atoms. The number of aromatic amines is 1. The van der Waals surface area contributed by atoms with Crippen LogP contribution < -0.4 is 10.6 Å². The van der Waals surface area contributed by atoms with Crippen LogP contribution in [0.3, 0.4) is 0 Å². The largest absolute Gasteiger partial charge is 0.348 e. The van der Waals surface area contributed by atoms with Gasteiger partial charge in [0.1, 0.15) is 17.4 Å². The Bertz CT molecular complexity index is 1520. The Morgan fingerprint density at radius 3 is 2.52 bits per heavy atom. The Kier molecular flexibility index (Phi) is 7.91. The highest BCUT2D eigenvalue weighted by Gasteiger charge is 2.42. The summed E-state index contributed by atoms with van der Waals surface area (Å²) in [5, 5.41) is 5.16. The van der Waals surface area contributed by atoms with Gasteiger partial charge >= 0.3 is 0 Å². The smallest absolute Gasteiger partial charge is 0.268 e. The van der Waals surface area contributed by atoms with Crippen molar-refractivity contribution in [3.63, 3.8) is 0 Å². The molecule has 0 aliphatic carbocycles. The maximum atomic E-state index is 14.7. The number of nitrogens with zero attached hydrogens (tertiary/aromatic N) is 1. The molecule has 1 aromatic heterocycles. The zero-order valence-electron chi connectivity index (χ0n) is 22.1. The first-order valence-corrected chi connectivity index (χ1v) is 12.6. The van der Waals surface area contributed by atoms with E-state index in [0.29, 0.717) is 5.69 Å². The lowest BCUT2D eigenvalue weighted by molar-refractivity contribution is -0.134. The van der Waals surface area contributed by atoms with Crippen LogP contribution in [0.1, 0.15) is 42.7 Å². The van der Waals surface area contributed by atoms with Crippen molar-refractivity contribution >= 4 is 34.3 Å². The molecule has 3 atom stereocenters. The maximum absolute atomic E-state index is 14.7. The van der Waals surface area contributed by atoms with Crippen LogP contribution in [0.4, 0.5) is 23.2 Å². The first-order valence-electron chi connectivity index (χ1n) is 12.6. The molecule has 0 unspecified atom stereocenters. The molecule has 3 N–H and O–H groups in total. The van der Waals surface area contributed by atoms with Crippen molar-refractivity contribution in [2.45, 2.75) is 51.4 Å². The fourth-order valence-electron chi connectivity index (χ4n) is 4.80. The SMILES string of the molecule is C#C[C@@H]1C[C@H](C(=O)Nc2ccccc2C)CN1C(=O)[C@H](CC(C)(C)F)NC(=O)c1cc2cc(F)c(F)c(F)c2[nH]1. The minimum absolute atomic E-state index is 0.0549. The van der Waals surface area contributed by atoms with Gasteiger partial charge in [0, 0.05) is 24.0 Å². The number of benzene rings is 2. The molecule has 1 aliphatic heterocycles. The van der Waals surface area contributed by atoms with Crippen LogP contribution in [0, 0.1) is 42.6 Å². The number of carbonyl (C=O) groups is 3. The number of H-pyrrole nitrogens is 1. The van der Waals surface area contributed by atoms with Crippen LogP contribution >= 0.6 is 0 Å². The molecule has 7 nitrogen and oxygen atoms in total. The molecule has 1 aliphatic rings. The number of halogens is 4. The third kappa shape index (κ3) is 5.96. The van der Waals surface area contributed by atoms with Crippen molar-refractivity contribution in [2.24, 2.45) is 5.92 Å². The second-order valence-electron chi connectivity index (χ2n) is 10.5. The molecular formula is C29H28F4N4O3. The van der Waals surface area contributed by atoms with Crippen LogP contribution in [0.2, 0.25) is 0 Å². The lowest BCUT2D eigenvalue weighted by Gasteiger charge is -2.29. The first kappa shape index (κ1) is 28.7. The van der Waals surface area contributed by atoms with E-state index in [1.165, 1.54) is 18.7 Å². The third-order valence-corrected chi connectivity index (χ3v) is 6.84. The quantitative estimate of drug-likeness (QED) is 0.225. The van der Waals surface area contributed by atoms with Gasteiger partial charge in [-0.1, -0.05) is 24.1 Å². The maximum Gasteiger partial charge on any atom is 0.268 e. The number of amides is 3. The molecule has 1 fully saturated rings. The Morgan fingerprint density at radius 1 is 1.18 bits per heavy atom. The Balaban J connectivity index is 1.55. The van der Waals surface area contributed by atoms with Gasteiger partial charge in [-0.3, -0.25) is 14.4 Å². The van der Waals surface area contributed by atoms with E-state index < -0.39 is 64.9 Å². The number of terminal acetylenes is 1. The van der Waals surface area contributed by atoms with Crippen molar-refractivity contribution in [3.05, 3.63) is 65.1 Å². The van der Waals surface area contributed by atoms with Gasteiger partial charge in [0.25, 0.3) is 5.91 Å². The van der Waals surface area contributed by atoms with Crippen molar-refractivity contribution in [3.8, 4) is 12.3 Å². The molecule has 2 heterocycles. The Labute approximate surface area is 228 Å². The third-order valence-electron chi connectivity index (χ3n) is 6.84. The summed E-state index contributed by atoms with van der Waals surface area (Å²) in [4.78, 5) is 43.2. The number of hydrogen-bond donors (Lipinski definition) is 3. The highest BCUT2D eigenvalue weighted by atomic mass is 19.2.